The fourth-order valence-corrected chi connectivity index (χ4v) is 2.53. The SMILES string of the molecule is CNC(=O)c1sc(NCc2ccc(OC)nc2)cc1N. The van der Waals surface area contributed by atoms with Crippen LogP contribution in [0.5, 0.6) is 5.88 Å². The highest BCUT2D eigenvalue weighted by molar-refractivity contribution is 7.18. The Morgan fingerprint density at radius 2 is 2.30 bits per heavy atom. The third-order valence-electron chi connectivity index (χ3n) is 2.67. The molecule has 0 unspecified atom stereocenters. The Bertz CT molecular complexity index is 595. The number of hydrogen-bond donors (Lipinski definition) is 3. The average Bonchev–Trinajstić information content (AvgIpc) is 2.86. The fourth-order valence-electron chi connectivity index (χ4n) is 1.61. The number of methoxy groups -OCH3 is 1. The topological polar surface area (TPSA) is 89.3 Å². The zero-order valence-corrected chi connectivity index (χ0v) is 12.1. The smallest absolute Gasteiger partial charge is 0.263 e. The second kappa shape index (κ2) is 6.25. The van der Waals surface area contributed by atoms with Gasteiger partial charge < -0.3 is 21.1 Å². The molecule has 0 aliphatic rings. The molecule has 106 valence electrons. The number of hydrogen-bond acceptors (Lipinski definition) is 6. The molecule has 0 saturated carbocycles. The lowest BCUT2D eigenvalue weighted by atomic mass is 10.3. The van der Waals surface area contributed by atoms with Gasteiger partial charge in [-0.15, -0.1) is 11.3 Å². The largest absolute Gasteiger partial charge is 0.481 e. The number of nitrogen functional groups attached to an aromatic ring is 1. The van der Waals surface area contributed by atoms with Crippen molar-refractivity contribution >= 4 is 27.9 Å². The molecule has 2 aromatic heterocycles. The number of carbonyl (C=O) groups is 1. The van der Waals surface area contributed by atoms with E-state index in [0.717, 1.165) is 10.6 Å². The van der Waals surface area contributed by atoms with E-state index in [-0.39, 0.29) is 5.91 Å². The third kappa shape index (κ3) is 3.18. The number of anilines is 2. The van der Waals surface area contributed by atoms with Gasteiger partial charge in [-0.25, -0.2) is 4.98 Å². The number of amides is 1. The van der Waals surface area contributed by atoms with E-state index in [4.69, 9.17) is 10.5 Å². The Kier molecular flexibility index (Phi) is 4.41. The van der Waals surface area contributed by atoms with Gasteiger partial charge in [-0.3, -0.25) is 4.79 Å². The predicted octanol–water partition coefficient (Wildman–Crippen LogP) is 1.71. The van der Waals surface area contributed by atoms with Gasteiger partial charge in [0, 0.05) is 25.9 Å². The highest BCUT2D eigenvalue weighted by atomic mass is 32.1. The van der Waals surface area contributed by atoms with Gasteiger partial charge in [0.15, 0.2) is 0 Å². The normalized spacial score (nSPS) is 10.1. The molecule has 6 nitrogen and oxygen atoms in total. The van der Waals surface area contributed by atoms with Crippen molar-refractivity contribution in [3.63, 3.8) is 0 Å². The standard InChI is InChI=1S/C13H16N4O2S/c1-15-13(18)12-9(14)5-11(20-12)17-7-8-3-4-10(19-2)16-6-8/h3-6,17H,7,14H2,1-2H3,(H,15,18). The molecule has 1 amide bonds. The van der Waals surface area contributed by atoms with Gasteiger partial charge in [0.25, 0.3) is 5.91 Å². The molecule has 2 heterocycles. The van der Waals surface area contributed by atoms with Crippen molar-refractivity contribution < 1.29 is 9.53 Å². The monoisotopic (exact) mass is 292 g/mol. The van der Waals surface area contributed by atoms with Crippen LogP contribution in [-0.2, 0) is 6.54 Å². The van der Waals surface area contributed by atoms with Crippen LogP contribution in [-0.4, -0.2) is 25.0 Å². The first-order valence-electron chi connectivity index (χ1n) is 5.98. The molecular formula is C13H16N4O2S. The molecule has 2 aromatic rings. The summed E-state index contributed by atoms with van der Waals surface area (Å²) < 4.78 is 5.00. The van der Waals surface area contributed by atoms with Crippen molar-refractivity contribution in [2.45, 2.75) is 6.54 Å². The maximum absolute atomic E-state index is 11.6. The molecular weight excluding hydrogens is 276 g/mol. The number of nitrogens with one attached hydrogen (secondary N) is 2. The second-order valence-electron chi connectivity index (χ2n) is 4.04. The van der Waals surface area contributed by atoms with Crippen molar-refractivity contribution in [1.29, 1.82) is 0 Å². The van der Waals surface area contributed by atoms with Crippen LogP contribution in [0, 0.1) is 0 Å². The van der Waals surface area contributed by atoms with Gasteiger partial charge in [0.05, 0.1) is 17.8 Å². The van der Waals surface area contributed by atoms with Gasteiger partial charge in [-0.1, -0.05) is 6.07 Å². The number of nitrogens with zero attached hydrogens (tertiary/aromatic N) is 1. The first kappa shape index (κ1) is 14.1. The molecule has 0 aliphatic carbocycles. The Balaban J connectivity index is 2.01. The Morgan fingerprint density at radius 1 is 1.50 bits per heavy atom. The van der Waals surface area contributed by atoms with Crippen LogP contribution >= 0.6 is 11.3 Å². The molecule has 20 heavy (non-hydrogen) atoms. The van der Waals surface area contributed by atoms with Crippen LogP contribution in [0.1, 0.15) is 15.2 Å². The zero-order valence-electron chi connectivity index (χ0n) is 11.3. The molecule has 0 atom stereocenters. The summed E-state index contributed by atoms with van der Waals surface area (Å²) in [6.07, 6.45) is 1.74. The molecule has 0 aliphatic heterocycles. The van der Waals surface area contributed by atoms with Crippen LogP contribution in [0.2, 0.25) is 0 Å². The van der Waals surface area contributed by atoms with Crippen LogP contribution < -0.4 is 21.1 Å². The van der Waals surface area contributed by atoms with E-state index >= 15 is 0 Å². The first-order valence-corrected chi connectivity index (χ1v) is 6.80. The summed E-state index contributed by atoms with van der Waals surface area (Å²) in [5, 5.41) is 6.62. The van der Waals surface area contributed by atoms with E-state index in [0.29, 0.717) is 23.0 Å². The minimum absolute atomic E-state index is 0.174. The number of ether oxygens (including phenoxy) is 1. The average molecular weight is 292 g/mol. The summed E-state index contributed by atoms with van der Waals surface area (Å²) in [6.45, 7) is 0.601. The lowest BCUT2D eigenvalue weighted by molar-refractivity contribution is 0.0968. The van der Waals surface area contributed by atoms with E-state index in [1.807, 2.05) is 6.07 Å². The maximum Gasteiger partial charge on any atom is 0.263 e. The molecule has 7 heteroatoms. The predicted molar refractivity (Wildman–Crippen MR) is 80.2 cm³/mol. The summed E-state index contributed by atoms with van der Waals surface area (Å²) in [5.41, 5.74) is 7.30. The van der Waals surface area contributed by atoms with Gasteiger partial charge in [0.1, 0.15) is 4.88 Å². The second-order valence-corrected chi connectivity index (χ2v) is 5.09. The van der Waals surface area contributed by atoms with E-state index in [9.17, 15) is 4.79 Å². The summed E-state index contributed by atoms with van der Waals surface area (Å²) in [6, 6.07) is 5.48. The minimum Gasteiger partial charge on any atom is -0.481 e. The number of pyridine rings is 1. The molecule has 0 bridgehead atoms. The van der Waals surface area contributed by atoms with Crippen LogP contribution in [0.4, 0.5) is 10.7 Å². The van der Waals surface area contributed by atoms with Crippen LogP contribution in [0.3, 0.4) is 0 Å². The molecule has 0 aromatic carbocycles. The fraction of sp³-hybridized carbons (Fsp3) is 0.231. The van der Waals surface area contributed by atoms with Gasteiger partial charge >= 0.3 is 0 Å². The lowest BCUT2D eigenvalue weighted by Crippen LogP contribution is -2.17. The first-order chi connectivity index (χ1) is 9.63. The van der Waals surface area contributed by atoms with Gasteiger partial charge in [-0.2, -0.15) is 0 Å². The van der Waals surface area contributed by atoms with Gasteiger partial charge in [-0.05, 0) is 11.6 Å². The zero-order chi connectivity index (χ0) is 14.5. The summed E-state index contributed by atoms with van der Waals surface area (Å²) in [5.74, 6) is 0.405. The number of nitrogens with two attached hydrogens (primary N) is 1. The van der Waals surface area contributed by atoms with E-state index in [1.54, 1.807) is 32.5 Å². The molecule has 0 saturated heterocycles. The van der Waals surface area contributed by atoms with E-state index < -0.39 is 0 Å². The van der Waals surface area contributed by atoms with Crippen molar-refractivity contribution in [2.24, 2.45) is 0 Å². The number of carbonyl (C=O) groups excluding carboxylic acids is 1. The Labute approximate surface area is 121 Å². The van der Waals surface area contributed by atoms with Crippen molar-refractivity contribution in [3.8, 4) is 5.88 Å². The third-order valence-corrected chi connectivity index (χ3v) is 3.77. The number of aromatic nitrogens is 1. The molecule has 0 fully saturated rings. The van der Waals surface area contributed by atoms with Crippen LogP contribution in [0.15, 0.2) is 24.4 Å². The van der Waals surface area contributed by atoms with Gasteiger partial charge in [0.2, 0.25) is 5.88 Å². The van der Waals surface area contributed by atoms with Crippen molar-refractivity contribution in [2.75, 3.05) is 25.2 Å². The number of thiophene rings is 1. The highest BCUT2D eigenvalue weighted by Gasteiger charge is 2.12. The molecule has 2 rings (SSSR count). The maximum atomic E-state index is 11.6. The summed E-state index contributed by atoms with van der Waals surface area (Å²) >= 11 is 1.33. The van der Waals surface area contributed by atoms with Crippen LogP contribution in [0.25, 0.3) is 0 Å². The van der Waals surface area contributed by atoms with E-state index in [2.05, 4.69) is 15.6 Å². The summed E-state index contributed by atoms with van der Waals surface area (Å²) in [7, 11) is 3.16. The Hall–Kier alpha value is -2.28. The highest BCUT2D eigenvalue weighted by Crippen LogP contribution is 2.29. The minimum atomic E-state index is -0.174. The molecule has 0 radical (unpaired) electrons. The quantitative estimate of drug-likeness (QED) is 0.780. The van der Waals surface area contributed by atoms with E-state index in [1.165, 1.54) is 11.3 Å². The van der Waals surface area contributed by atoms with Crippen molar-refractivity contribution in [1.82, 2.24) is 10.3 Å². The Morgan fingerprint density at radius 3 is 2.90 bits per heavy atom. The molecule has 0 spiro atoms. The number of rotatable bonds is 5. The summed E-state index contributed by atoms with van der Waals surface area (Å²) in [4.78, 5) is 16.2. The van der Waals surface area contributed by atoms with Crippen molar-refractivity contribution in [3.05, 3.63) is 34.8 Å². The molecule has 4 N–H and O–H groups in total. The lowest BCUT2D eigenvalue weighted by Gasteiger charge is -2.04.